The topological polar surface area (TPSA) is 56.7 Å². The van der Waals surface area contributed by atoms with Crippen molar-refractivity contribution in [2.24, 2.45) is 10.9 Å². The molecule has 1 heterocycles. The van der Waals surface area contributed by atoms with E-state index in [0.29, 0.717) is 11.9 Å². The van der Waals surface area contributed by atoms with Crippen molar-refractivity contribution in [3.05, 3.63) is 35.4 Å². The fourth-order valence-electron chi connectivity index (χ4n) is 4.15. The van der Waals surface area contributed by atoms with Crippen LogP contribution in [0.3, 0.4) is 0 Å². The molecule has 0 spiro atoms. The van der Waals surface area contributed by atoms with Crippen molar-refractivity contribution >= 4 is 11.9 Å². The van der Waals surface area contributed by atoms with Crippen LogP contribution in [0.25, 0.3) is 0 Å². The van der Waals surface area contributed by atoms with E-state index in [4.69, 9.17) is 0 Å². The number of amides is 1. The zero-order valence-electron chi connectivity index (χ0n) is 16.8. The second kappa shape index (κ2) is 9.77. The van der Waals surface area contributed by atoms with Crippen molar-refractivity contribution in [1.29, 1.82) is 0 Å². The van der Waals surface area contributed by atoms with Crippen LogP contribution in [0.2, 0.25) is 0 Å². The normalized spacial score (nSPS) is 21.3. The second-order valence-electron chi connectivity index (χ2n) is 7.98. The highest BCUT2D eigenvalue weighted by Crippen LogP contribution is 2.26. The van der Waals surface area contributed by atoms with E-state index >= 15 is 0 Å². The molecule has 1 saturated carbocycles. The molecular weight excluding hydrogens is 336 g/mol. The molecule has 1 aromatic carbocycles. The molecule has 0 aromatic heterocycles. The fourth-order valence-corrected chi connectivity index (χ4v) is 4.15. The minimum Gasteiger partial charge on any atom is -0.356 e. The van der Waals surface area contributed by atoms with Crippen LogP contribution in [0.4, 0.5) is 0 Å². The highest BCUT2D eigenvalue weighted by molar-refractivity contribution is 5.81. The summed E-state index contributed by atoms with van der Waals surface area (Å²) < 4.78 is 0. The highest BCUT2D eigenvalue weighted by Gasteiger charge is 2.31. The van der Waals surface area contributed by atoms with Crippen LogP contribution in [-0.4, -0.2) is 49.5 Å². The van der Waals surface area contributed by atoms with Gasteiger partial charge in [-0.3, -0.25) is 9.79 Å². The number of nitrogens with zero attached hydrogens (tertiary/aromatic N) is 2. The number of carbonyl (C=O) groups excluding carboxylic acids is 1. The number of hydrogen-bond acceptors (Lipinski definition) is 2. The van der Waals surface area contributed by atoms with E-state index in [1.54, 1.807) is 7.05 Å². The summed E-state index contributed by atoms with van der Waals surface area (Å²) >= 11 is 0. The van der Waals surface area contributed by atoms with Gasteiger partial charge in [0, 0.05) is 38.6 Å². The Morgan fingerprint density at radius 2 is 1.89 bits per heavy atom. The van der Waals surface area contributed by atoms with Crippen LogP contribution in [0.1, 0.15) is 49.7 Å². The van der Waals surface area contributed by atoms with Gasteiger partial charge < -0.3 is 15.5 Å². The minimum absolute atomic E-state index is 0.268. The Bertz CT molecular complexity index is 634. The second-order valence-corrected chi connectivity index (χ2v) is 7.98. The summed E-state index contributed by atoms with van der Waals surface area (Å²) in [5.74, 6) is 1.48. The quantitative estimate of drug-likeness (QED) is 0.619. The summed E-state index contributed by atoms with van der Waals surface area (Å²) in [5.41, 5.74) is 2.62. The van der Waals surface area contributed by atoms with Crippen LogP contribution in [0.5, 0.6) is 0 Å². The Balaban J connectivity index is 1.40. The van der Waals surface area contributed by atoms with Crippen LogP contribution >= 0.6 is 0 Å². The van der Waals surface area contributed by atoms with Crippen LogP contribution in [0.15, 0.2) is 29.3 Å². The lowest BCUT2D eigenvalue weighted by Crippen LogP contribution is -2.46. The lowest BCUT2D eigenvalue weighted by Gasteiger charge is -2.26. The SMILES string of the molecule is CN=C(NCCc1ccc(C)cc1)NC1CCN(C(=O)C2CCCCC2)C1. The Morgan fingerprint density at radius 3 is 2.59 bits per heavy atom. The number of guanidine groups is 1. The maximum atomic E-state index is 12.7. The van der Waals surface area contributed by atoms with E-state index in [1.165, 1.54) is 30.4 Å². The third-order valence-electron chi connectivity index (χ3n) is 5.85. The average molecular weight is 371 g/mol. The summed E-state index contributed by atoms with van der Waals surface area (Å²) in [6.45, 7) is 4.62. The zero-order chi connectivity index (χ0) is 19.1. The fraction of sp³-hybridized carbons (Fsp3) is 0.636. The van der Waals surface area contributed by atoms with Crippen LogP contribution in [-0.2, 0) is 11.2 Å². The number of nitrogens with one attached hydrogen (secondary N) is 2. The molecule has 148 valence electrons. The molecule has 5 nitrogen and oxygen atoms in total. The molecule has 0 radical (unpaired) electrons. The standard InChI is InChI=1S/C22H34N4O/c1-17-8-10-18(11-9-17)12-14-24-22(23-2)25-20-13-15-26(16-20)21(27)19-6-4-3-5-7-19/h8-11,19-20H,3-7,12-16H2,1-2H3,(H2,23,24,25). The first-order valence-electron chi connectivity index (χ1n) is 10.5. The van der Waals surface area contributed by atoms with Crippen molar-refractivity contribution < 1.29 is 4.79 Å². The largest absolute Gasteiger partial charge is 0.356 e. The molecule has 1 atom stereocenters. The first kappa shape index (κ1) is 19.7. The van der Waals surface area contributed by atoms with Gasteiger partial charge in [0.05, 0.1) is 0 Å². The molecule has 2 aliphatic rings. The predicted octanol–water partition coefficient (Wildman–Crippen LogP) is 2.88. The number of hydrogen-bond donors (Lipinski definition) is 2. The Labute approximate surface area is 163 Å². The van der Waals surface area contributed by atoms with E-state index in [9.17, 15) is 4.79 Å². The van der Waals surface area contributed by atoms with Gasteiger partial charge in [0.1, 0.15) is 0 Å². The third-order valence-corrected chi connectivity index (χ3v) is 5.85. The van der Waals surface area contributed by atoms with E-state index < -0.39 is 0 Å². The summed E-state index contributed by atoms with van der Waals surface area (Å²) in [5, 5.41) is 6.90. The Hall–Kier alpha value is -2.04. The van der Waals surface area contributed by atoms with Gasteiger partial charge in [-0.2, -0.15) is 0 Å². The molecule has 27 heavy (non-hydrogen) atoms. The number of likely N-dealkylation sites (tertiary alicyclic amines) is 1. The van der Waals surface area contributed by atoms with Gasteiger partial charge in [-0.1, -0.05) is 49.1 Å². The van der Waals surface area contributed by atoms with Crippen LogP contribution in [0, 0.1) is 12.8 Å². The van der Waals surface area contributed by atoms with E-state index in [2.05, 4.69) is 51.7 Å². The number of aliphatic imine (C=N–C) groups is 1. The van der Waals surface area contributed by atoms with Gasteiger partial charge in [0.25, 0.3) is 0 Å². The van der Waals surface area contributed by atoms with Gasteiger partial charge in [-0.25, -0.2) is 0 Å². The van der Waals surface area contributed by atoms with E-state index in [1.807, 2.05) is 0 Å². The van der Waals surface area contributed by atoms with E-state index in [-0.39, 0.29) is 5.92 Å². The summed E-state index contributed by atoms with van der Waals surface area (Å²) in [4.78, 5) is 19.1. The number of carbonyl (C=O) groups is 1. The lowest BCUT2D eigenvalue weighted by molar-refractivity contribution is -0.135. The van der Waals surface area contributed by atoms with Crippen molar-refractivity contribution in [3.8, 4) is 0 Å². The molecule has 1 aromatic rings. The lowest BCUT2D eigenvalue weighted by atomic mass is 9.88. The molecule has 5 heteroatoms. The molecular formula is C22H34N4O. The van der Waals surface area contributed by atoms with Crippen molar-refractivity contribution in [3.63, 3.8) is 0 Å². The monoisotopic (exact) mass is 370 g/mol. The summed E-state index contributed by atoms with van der Waals surface area (Å²) in [6, 6.07) is 8.96. The molecule has 1 aliphatic carbocycles. The molecule has 1 unspecified atom stereocenters. The maximum absolute atomic E-state index is 12.7. The number of rotatable bonds is 5. The average Bonchev–Trinajstić information content (AvgIpc) is 3.17. The molecule has 1 aliphatic heterocycles. The number of benzene rings is 1. The molecule has 2 fully saturated rings. The highest BCUT2D eigenvalue weighted by atomic mass is 16.2. The van der Waals surface area contributed by atoms with Crippen molar-refractivity contribution in [1.82, 2.24) is 15.5 Å². The van der Waals surface area contributed by atoms with Gasteiger partial charge in [0.15, 0.2) is 5.96 Å². The minimum atomic E-state index is 0.268. The van der Waals surface area contributed by atoms with Gasteiger partial charge in [-0.15, -0.1) is 0 Å². The van der Waals surface area contributed by atoms with E-state index in [0.717, 1.165) is 51.3 Å². The first-order valence-corrected chi connectivity index (χ1v) is 10.5. The molecule has 1 amide bonds. The Morgan fingerprint density at radius 1 is 1.15 bits per heavy atom. The first-order chi connectivity index (χ1) is 13.2. The van der Waals surface area contributed by atoms with Crippen molar-refractivity contribution in [2.45, 2.75) is 57.9 Å². The Kier molecular flexibility index (Phi) is 7.13. The van der Waals surface area contributed by atoms with Crippen LogP contribution < -0.4 is 10.6 Å². The van der Waals surface area contributed by atoms with Gasteiger partial charge in [-0.05, 0) is 38.2 Å². The summed E-state index contributed by atoms with van der Waals surface area (Å²) in [6.07, 6.45) is 7.84. The van der Waals surface area contributed by atoms with Gasteiger partial charge in [0.2, 0.25) is 5.91 Å². The smallest absolute Gasteiger partial charge is 0.225 e. The maximum Gasteiger partial charge on any atom is 0.225 e. The zero-order valence-corrected chi connectivity index (χ0v) is 16.8. The molecule has 1 saturated heterocycles. The number of aryl methyl sites for hydroxylation is 1. The predicted molar refractivity (Wildman–Crippen MR) is 111 cm³/mol. The molecule has 2 N–H and O–H groups in total. The molecule has 3 rings (SSSR count). The van der Waals surface area contributed by atoms with Gasteiger partial charge >= 0.3 is 0 Å². The third kappa shape index (κ3) is 5.72. The summed E-state index contributed by atoms with van der Waals surface area (Å²) in [7, 11) is 1.81. The molecule has 0 bridgehead atoms. The van der Waals surface area contributed by atoms with Crippen molar-refractivity contribution in [2.75, 3.05) is 26.7 Å².